The van der Waals surface area contributed by atoms with Crippen LogP contribution >= 0.6 is 0 Å². The van der Waals surface area contributed by atoms with Gasteiger partial charge in [-0.2, -0.15) is 0 Å². The summed E-state index contributed by atoms with van der Waals surface area (Å²) in [4.78, 5) is 0. The van der Waals surface area contributed by atoms with E-state index in [-0.39, 0.29) is 12.1 Å². The van der Waals surface area contributed by atoms with E-state index in [0.717, 1.165) is 17.2 Å². The SMILES string of the molecule is CC(Cc1cc(F)cc(F)c1)NC(c1ccccc1)c1ccccc1. The number of nitrogens with one attached hydrogen (secondary N) is 1. The molecular formula is C22H21F2N. The molecule has 1 N–H and O–H groups in total. The van der Waals surface area contributed by atoms with Crippen LogP contribution in [-0.2, 0) is 6.42 Å². The van der Waals surface area contributed by atoms with Crippen LogP contribution < -0.4 is 5.32 Å². The van der Waals surface area contributed by atoms with Crippen molar-refractivity contribution in [2.45, 2.75) is 25.4 Å². The Hall–Kier alpha value is -2.52. The Labute approximate surface area is 147 Å². The summed E-state index contributed by atoms with van der Waals surface area (Å²) in [6, 6.07) is 24.1. The second-order valence-corrected chi connectivity index (χ2v) is 6.30. The molecule has 0 aliphatic heterocycles. The third-order valence-electron chi connectivity index (χ3n) is 4.18. The zero-order chi connectivity index (χ0) is 17.6. The molecule has 3 rings (SSSR count). The highest BCUT2D eigenvalue weighted by atomic mass is 19.1. The number of benzene rings is 3. The molecule has 1 unspecified atom stereocenters. The van der Waals surface area contributed by atoms with Crippen molar-refractivity contribution in [3.05, 3.63) is 107 Å². The molecular weight excluding hydrogens is 316 g/mol. The molecule has 0 aliphatic carbocycles. The molecule has 0 saturated carbocycles. The fraction of sp³-hybridized carbons (Fsp3) is 0.182. The summed E-state index contributed by atoms with van der Waals surface area (Å²) >= 11 is 0. The minimum Gasteiger partial charge on any atom is -0.303 e. The summed E-state index contributed by atoms with van der Waals surface area (Å²) in [6.45, 7) is 2.03. The molecule has 3 heteroatoms. The van der Waals surface area contributed by atoms with E-state index in [1.54, 1.807) is 0 Å². The van der Waals surface area contributed by atoms with Gasteiger partial charge < -0.3 is 5.32 Å². The maximum atomic E-state index is 13.4. The maximum Gasteiger partial charge on any atom is 0.126 e. The van der Waals surface area contributed by atoms with Crippen LogP contribution in [0.2, 0.25) is 0 Å². The molecule has 0 bridgehead atoms. The fourth-order valence-corrected chi connectivity index (χ4v) is 3.10. The van der Waals surface area contributed by atoms with Gasteiger partial charge in [0.05, 0.1) is 6.04 Å². The summed E-state index contributed by atoms with van der Waals surface area (Å²) in [6.07, 6.45) is 0.546. The molecule has 0 radical (unpaired) electrons. The molecule has 3 aromatic carbocycles. The minimum atomic E-state index is -0.537. The Morgan fingerprint density at radius 3 is 1.72 bits per heavy atom. The number of hydrogen-bond donors (Lipinski definition) is 1. The summed E-state index contributed by atoms with van der Waals surface area (Å²) in [7, 11) is 0. The highest BCUT2D eigenvalue weighted by Crippen LogP contribution is 2.23. The van der Waals surface area contributed by atoms with Gasteiger partial charge in [0.25, 0.3) is 0 Å². The average molecular weight is 337 g/mol. The summed E-state index contributed by atoms with van der Waals surface area (Å²) < 4.78 is 26.8. The fourth-order valence-electron chi connectivity index (χ4n) is 3.10. The van der Waals surface area contributed by atoms with E-state index in [1.807, 2.05) is 43.3 Å². The van der Waals surface area contributed by atoms with Gasteiger partial charge >= 0.3 is 0 Å². The average Bonchev–Trinajstić information content (AvgIpc) is 2.60. The molecule has 1 atom stereocenters. The third kappa shape index (κ3) is 4.74. The molecule has 128 valence electrons. The second-order valence-electron chi connectivity index (χ2n) is 6.30. The summed E-state index contributed by atoms with van der Waals surface area (Å²) in [5.41, 5.74) is 2.97. The smallest absolute Gasteiger partial charge is 0.126 e. The zero-order valence-electron chi connectivity index (χ0n) is 14.1. The maximum absolute atomic E-state index is 13.4. The number of rotatable bonds is 6. The molecule has 0 heterocycles. The lowest BCUT2D eigenvalue weighted by Gasteiger charge is -2.24. The van der Waals surface area contributed by atoms with Gasteiger partial charge in [0.2, 0.25) is 0 Å². The van der Waals surface area contributed by atoms with Crippen molar-refractivity contribution in [3.63, 3.8) is 0 Å². The molecule has 1 nitrogen and oxygen atoms in total. The van der Waals surface area contributed by atoms with E-state index in [1.165, 1.54) is 12.1 Å². The van der Waals surface area contributed by atoms with Crippen LogP contribution in [0.25, 0.3) is 0 Å². The molecule has 25 heavy (non-hydrogen) atoms. The van der Waals surface area contributed by atoms with E-state index < -0.39 is 11.6 Å². The lowest BCUT2D eigenvalue weighted by atomic mass is 9.97. The predicted molar refractivity (Wildman–Crippen MR) is 97.4 cm³/mol. The Balaban J connectivity index is 1.80. The normalized spacial score (nSPS) is 12.3. The van der Waals surface area contributed by atoms with Crippen molar-refractivity contribution >= 4 is 0 Å². The van der Waals surface area contributed by atoms with E-state index in [0.29, 0.717) is 12.0 Å². The minimum absolute atomic E-state index is 0.0239. The standard InChI is InChI=1S/C22H21F2N/c1-16(12-17-13-20(23)15-21(24)14-17)25-22(18-8-4-2-5-9-18)19-10-6-3-7-11-19/h2-11,13-16,22,25H,12H2,1H3. The van der Waals surface area contributed by atoms with Crippen molar-refractivity contribution in [1.82, 2.24) is 5.32 Å². The lowest BCUT2D eigenvalue weighted by Crippen LogP contribution is -2.33. The lowest BCUT2D eigenvalue weighted by molar-refractivity contribution is 0.493. The topological polar surface area (TPSA) is 12.0 Å². The largest absolute Gasteiger partial charge is 0.303 e. The highest BCUT2D eigenvalue weighted by molar-refractivity contribution is 5.32. The summed E-state index contributed by atoms with van der Waals surface area (Å²) in [5.74, 6) is -1.07. The van der Waals surface area contributed by atoms with Gasteiger partial charge in [-0.3, -0.25) is 0 Å². The Morgan fingerprint density at radius 2 is 1.24 bits per heavy atom. The first-order valence-corrected chi connectivity index (χ1v) is 8.43. The zero-order valence-corrected chi connectivity index (χ0v) is 14.1. The van der Waals surface area contributed by atoms with E-state index in [9.17, 15) is 8.78 Å². The molecule has 0 amide bonds. The van der Waals surface area contributed by atoms with Gasteiger partial charge in [-0.05, 0) is 42.2 Å². The monoisotopic (exact) mass is 337 g/mol. The van der Waals surface area contributed by atoms with Gasteiger partial charge in [0.1, 0.15) is 11.6 Å². The van der Waals surface area contributed by atoms with Crippen molar-refractivity contribution in [2.75, 3.05) is 0 Å². The quantitative estimate of drug-likeness (QED) is 0.646. The van der Waals surface area contributed by atoms with Crippen molar-refractivity contribution in [1.29, 1.82) is 0 Å². The van der Waals surface area contributed by atoms with Crippen LogP contribution in [-0.4, -0.2) is 6.04 Å². The molecule has 0 spiro atoms. The van der Waals surface area contributed by atoms with E-state index >= 15 is 0 Å². The molecule has 0 aromatic heterocycles. The first-order valence-electron chi connectivity index (χ1n) is 8.43. The van der Waals surface area contributed by atoms with Crippen LogP contribution in [0.3, 0.4) is 0 Å². The third-order valence-corrected chi connectivity index (χ3v) is 4.18. The van der Waals surface area contributed by atoms with Crippen LogP contribution in [0.15, 0.2) is 78.9 Å². The Bertz CT molecular complexity index is 743. The van der Waals surface area contributed by atoms with Gasteiger partial charge in [0.15, 0.2) is 0 Å². The molecule has 0 saturated heterocycles. The predicted octanol–water partition coefficient (Wildman–Crippen LogP) is 5.28. The van der Waals surface area contributed by atoms with Crippen LogP contribution in [0.4, 0.5) is 8.78 Å². The first-order chi connectivity index (χ1) is 12.1. The molecule has 3 aromatic rings. The van der Waals surface area contributed by atoms with Gasteiger partial charge in [-0.1, -0.05) is 60.7 Å². The number of hydrogen-bond acceptors (Lipinski definition) is 1. The Morgan fingerprint density at radius 1 is 0.760 bits per heavy atom. The van der Waals surface area contributed by atoms with Gasteiger partial charge in [0, 0.05) is 12.1 Å². The van der Waals surface area contributed by atoms with Crippen LogP contribution in [0, 0.1) is 11.6 Å². The number of halogens is 2. The van der Waals surface area contributed by atoms with Gasteiger partial charge in [-0.15, -0.1) is 0 Å². The summed E-state index contributed by atoms with van der Waals surface area (Å²) in [5, 5.41) is 3.59. The van der Waals surface area contributed by atoms with Crippen molar-refractivity contribution in [3.8, 4) is 0 Å². The van der Waals surface area contributed by atoms with E-state index in [4.69, 9.17) is 0 Å². The van der Waals surface area contributed by atoms with Crippen LogP contribution in [0.1, 0.15) is 29.7 Å². The van der Waals surface area contributed by atoms with Crippen molar-refractivity contribution < 1.29 is 8.78 Å². The molecule has 0 fully saturated rings. The van der Waals surface area contributed by atoms with Crippen LogP contribution in [0.5, 0.6) is 0 Å². The molecule has 0 aliphatic rings. The van der Waals surface area contributed by atoms with E-state index in [2.05, 4.69) is 29.6 Å². The highest BCUT2D eigenvalue weighted by Gasteiger charge is 2.17. The van der Waals surface area contributed by atoms with Crippen molar-refractivity contribution in [2.24, 2.45) is 0 Å². The Kier molecular flexibility index (Phi) is 5.56. The first kappa shape index (κ1) is 17.3. The van der Waals surface area contributed by atoms with Gasteiger partial charge in [-0.25, -0.2) is 8.78 Å². The second kappa shape index (κ2) is 8.04.